The average molecular weight is 325 g/mol. The van der Waals surface area contributed by atoms with Crippen molar-refractivity contribution in [1.29, 1.82) is 0 Å². The quantitative estimate of drug-likeness (QED) is 0.856. The van der Waals surface area contributed by atoms with Crippen LogP contribution < -0.4 is 15.4 Å². The number of carbonyl (C=O) groups excluding carboxylic acids is 1. The SMILES string of the molecule is O=C1NCCCCC1NCc1ccc(OCc2ccncc2)cc1. The van der Waals surface area contributed by atoms with Crippen molar-refractivity contribution < 1.29 is 9.53 Å². The Kier molecular flexibility index (Phi) is 5.80. The maximum absolute atomic E-state index is 11.9. The number of aromatic nitrogens is 1. The van der Waals surface area contributed by atoms with Crippen molar-refractivity contribution >= 4 is 5.91 Å². The van der Waals surface area contributed by atoms with Crippen LogP contribution in [0.2, 0.25) is 0 Å². The van der Waals surface area contributed by atoms with Gasteiger partial charge in [-0.3, -0.25) is 9.78 Å². The molecule has 2 heterocycles. The fourth-order valence-corrected chi connectivity index (χ4v) is 2.72. The highest BCUT2D eigenvalue weighted by Crippen LogP contribution is 2.14. The van der Waals surface area contributed by atoms with E-state index in [0.717, 1.165) is 42.7 Å². The van der Waals surface area contributed by atoms with E-state index in [9.17, 15) is 4.79 Å². The first-order chi connectivity index (χ1) is 11.8. The van der Waals surface area contributed by atoms with Crippen LogP contribution in [0.4, 0.5) is 0 Å². The monoisotopic (exact) mass is 325 g/mol. The molecule has 1 amide bonds. The van der Waals surface area contributed by atoms with E-state index in [1.165, 1.54) is 0 Å². The molecule has 2 N–H and O–H groups in total. The van der Waals surface area contributed by atoms with Gasteiger partial charge in [0.25, 0.3) is 0 Å². The van der Waals surface area contributed by atoms with Gasteiger partial charge in [-0.2, -0.15) is 0 Å². The molecule has 1 aliphatic rings. The number of benzene rings is 1. The summed E-state index contributed by atoms with van der Waals surface area (Å²) in [6.45, 7) is 2.01. The number of pyridine rings is 1. The van der Waals surface area contributed by atoms with Gasteiger partial charge in [0, 0.05) is 25.5 Å². The zero-order valence-electron chi connectivity index (χ0n) is 13.7. The van der Waals surface area contributed by atoms with Gasteiger partial charge in [-0.15, -0.1) is 0 Å². The summed E-state index contributed by atoms with van der Waals surface area (Å²) in [5, 5.41) is 6.29. The van der Waals surface area contributed by atoms with Gasteiger partial charge in [-0.05, 0) is 54.7 Å². The number of amides is 1. The third-order valence-corrected chi connectivity index (χ3v) is 4.17. The van der Waals surface area contributed by atoms with E-state index in [4.69, 9.17) is 4.74 Å². The molecular formula is C19H23N3O2. The molecule has 1 aliphatic heterocycles. The highest BCUT2D eigenvalue weighted by molar-refractivity contribution is 5.81. The van der Waals surface area contributed by atoms with E-state index in [0.29, 0.717) is 13.2 Å². The minimum Gasteiger partial charge on any atom is -0.489 e. The van der Waals surface area contributed by atoms with Crippen LogP contribution in [0.5, 0.6) is 5.75 Å². The maximum atomic E-state index is 11.9. The third-order valence-electron chi connectivity index (χ3n) is 4.17. The Bertz CT molecular complexity index is 643. The van der Waals surface area contributed by atoms with Gasteiger partial charge in [0.15, 0.2) is 0 Å². The van der Waals surface area contributed by atoms with E-state index in [2.05, 4.69) is 15.6 Å². The molecule has 0 saturated carbocycles. The molecule has 1 atom stereocenters. The lowest BCUT2D eigenvalue weighted by molar-refractivity contribution is -0.122. The largest absolute Gasteiger partial charge is 0.489 e. The van der Waals surface area contributed by atoms with E-state index in [1.54, 1.807) is 12.4 Å². The molecule has 126 valence electrons. The summed E-state index contributed by atoms with van der Waals surface area (Å²) in [6, 6.07) is 11.8. The van der Waals surface area contributed by atoms with Crippen LogP contribution in [0.15, 0.2) is 48.8 Å². The van der Waals surface area contributed by atoms with E-state index in [1.807, 2.05) is 36.4 Å². The Morgan fingerprint density at radius 3 is 2.67 bits per heavy atom. The predicted molar refractivity (Wildman–Crippen MR) is 92.5 cm³/mol. The smallest absolute Gasteiger partial charge is 0.237 e. The maximum Gasteiger partial charge on any atom is 0.237 e. The van der Waals surface area contributed by atoms with Gasteiger partial charge in [0.05, 0.1) is 6.04 Å². The third kappa shape index (κ3) is 4.80. The normalized spacial score (nSPS) is 17.8. The van der Waals surface area contributed by atoms with Crippen LogP contribution in [-0.4, -0.2) is 23.5 Å². The van der Waals surface area contributed by atoms with Crippen molar-refractivity contribution in [3.05, 3.63) is 59.9 Å². The summed E-state index contributed by atoms with van der Waals surface area (Å²) in [4.78, 5) is 15.9. The molecule has 24 heavy (non-hydrogen) atoms. The van der Waals surface area contributed by atoms with Gasteiger partial charge in [-0.1, -0.05) is 12.1 Å². The Morgan fingerprint density at radius 2 is 1.88 bits per heavy atom. The van der Waals surface area contributed by atoms with Crippen LogP contribution in [-0.2, 0) is 17.9 Å². The molecule has 0 aliphatic carbocycles. The molecule has 1 aromatic heterocycles. The Balaban J connectivity index is 1.48. The van der Waals surface area contributed by atoms with Crippen LogP contribution in [0.3, 0.4) is 0 Å². The van der Waals surface area contributed by atoms with Crippen molar-refractivity contribution in [2.45, 2.75) is 38.5 Å². The molecule has 5 nitrogen and oxygen atoms in total. The average Bonchev–Trinajstić information content (AvgIpc) is 2.84. The molecule has 0 spiro atoms. The van der Waals surface area contributed by atoms with E-state index >= 15 is 0 Å². The number of nitrogens with zero attached hydrogens (tertiary/aromatic N) is 1. The lowest BCUT2D eigenvalue weighted by Gasteiger charge is -2.15. The topological polar surface area (TPSA) is 63.2 Å². The first-order valence-corrected chi connectivity index (χ1v) is 8.43. The molecule has 1 saturated heterocycles. The second-order valence-electron chi connectivity index (χ2n) is 6.01. The summed E-state index contributed by atoms with van der Waals surface area (Å²) < 4.78 is 5.76. The highest BCUT2D eigenvalue weighted by atomic mass is 16.5. The molecule has 1 fully saturated rings. The summed E-state index contributed by atoms with van der Waals surface area (Å²) >= 11 is 0. The summed E-state index contributed by atoms with van der Waals surface area (Å²) in [5.41, 5.74) is 2.23. The molecule has 0 radical (unpaired) electrons. The first-order valence-electron chi connectivity index (χ1n) is 8.43. The molecule has 3 rings (SSSR count). The second-order valence-corrected chi connectivity index (χ2v) is 6.01. The second kappa shape index (κ2) is 8.45. The van der Waals surface area contributed by atoms with Gasteiger partial charge < -0.3 is 15.4 Å². The molecule has 0 bridgehead atoms. The number of hydrogen-bond acceptors (Lipinski definition) is 4. The van der Waals surface area contributed by atoms with E-state index < -0.39 is 0 Å². The summed E-state index contributed by atoms with van der Waals surface area (Å²) in [7, 11) is 0. The summed E-state index contributed by atoms with van der Waals surface area (Å²) in [6.07, 6.45) is 6.57. The van der Waals surface area contributed by atoms with Crippen LogP contribution in [0.25, 0.3) is 0 Å². The Labute approximate surface area is 142 Å². The first kappa shape index (κ1) is 16.5. The fourth-order valence-electron chi connectivity index (χ4n) is 2.72. The highest BCUT2D eigenvalue weighted by Gasteiger charge is 2.19. The van der Waals surface area contributed by atoms with Gasteiger partial charge >= 0.3 is 0 Å². The molecule has 5 heteroatoms. The lowest BCUT2D eigenvalue weighted by Crippen LogP contribution is -2.42. The van der Waals surface area contributed by atoms with Crippen molar-refractivity contribution in [2.24, 2.45) is 0 Å². The van der Waals surface area contributed by atoms with Crippen LogP contribution in [0.1, 0.15) is 30.4 Å². The standard InChI is InChI=1S/C19H23N3O2/c23-19-18(3-1-2-10-21-19)22-13-15-4-6-17(7-5-15)24-14-16-8-11-20-12-9-16/h4-9,11-12,18,22H,1-3,10,13-14H2,(H,21,23). The Morgan fingerprint density at radius 1 is 1.08 bits per heavy atom. The van der Waals surface area contributed by atoms with Crippen molar-refractivity contribution in [3.63, 3.8) is 0 Å². The molecular weight excluding hydrogens is 302 g/mol. The van der Waals surface area contributed by atoms with Crippen molar-refractivity contribution in [1.82, 2.24) is 15.6 Å². The fraction of sp³-hybridized carbons (Fsp3) is 0.368. The number of carbonyl (C=O) groups is 1. The Hall–Kier alpha value is -2.40. The predicted octanol–water partition coefficient (Wildman–Crippen LogP) is 2.42. The van der Waals surface area contributed by atoms with Crippen LogP contribution >= 0.6 is 0 Å². The molecule has 1 aromatic carbocycles. The van der Waals surface area contributed by atoms with E-state index in [-0.39, 0.29) is 11.9 Å². The zero-order valence-corrected chi connectivity index (χ0v) is 13.7. The molecule has 2 aromatic rings. The van der Waals surface area contributed by atoms with Gasteiger partial charge in [0.2, 0.25) is 5.91 Å². The number of nitrogens with one attached hydrogen (secondary N) is 2. The van der Waals surface area contributed by atoms with Crippen molar-refractivity contribution in [2.75, 3.05) is 6.54 Å². The number of ether oxygens (including phenoxy) is 1. The lowest BCUT2D eigenvalue weighted by atomic mass is 10.1. The molecule has 1 unspecified atom stereocenters. The number of hydrogen-bond donors (Lipinski definition) is 2. The zero-order chi connectivity index (χ0) is 16.6. The van der Waals surface area contributed by atoms with Crippen LogP contribution in [0, 0.1) is 0 Å². The summed E-state index contributed by atoms with van der Waals surface area (Å²) in [5.74, 6) is 0.951. The van der Waals surface area contributed by atoms with Gasteiger partial charge in [0.1, 0.15) is 12.4 Å². The minimum absolute atomic E-state index is 0.0879. The van der Waals surface area contributed by atoms with Crippen molar-refractivity contribution in [3.8, 4) is 5.75 Å². The minimum atomic E-state index is -0.0879. The number of rotatable bonds is 6. The van der Waals surface area contributed by atoms with Gasteiger partial charge in [-0.25, -0.2) is 0 Å².